The molecule has 1 atom stereocenters. The van der Waals surface area contributed by atoms with Crippen LogP contribution < -0.4 is 5.32 Å². The molecule has 0 fully saturated rings. The van der Waals surface area contributed by atoms with E-state index in [-0.39, 0.29) is 0 Å². The Morgan fingerprint density at radius 3 is 2.68 bits per heavy atom. The van der Waals surface area contributed by atoms with Gasteiger partial charge in [0.05, 0.1) is 5.69 Å². The summed E-state index contributed by atoms with van der Waals surface area (Å²) in [5.41, 5.74) is 1.37. The van der Waals surface area contributed by atoms with Crippen molar-refractivity contribution in [2.24, 2.45) is 11.3 Å². The molecule has 0 aliphatic heterocycles. The molecular weight excluding hydrogens is 238 g/mol. The van der Waals surface area contributed by atoms with Crippen LogP contribution in [0.5, 0.6) is 0 Å². The summed E-state index contributed by atoms with van der Waals surface area (Å²) in [5, 5.41) is 3.48. The van der Waals surface area contributed by atoms with Crippen LogP contribution in [0.25, 0.3) is 0 Å². The highest BCUT2D eigenvalue weighted by Crippen LogP contribution is 2.25. The number of rotatable bonds is 7. The van der Waals surface area contributed by atoms with Crippen molar-refractivity contribution >= 4 is 5.95 Å². The predicted molar refractivity (Wildman–Crippen MR) is 80.6 cm³/mol. The van der Waals surface area contributed by atoms with E-state index in [0.29, 0.717) is 11.3 Å². The highest BCUT2D eigenvalue weighted by Gasteiger charge is 2.20. The van der Waals surface area contributed by atoms with Crippen molar-refractivity contribution in [2.75, 3.05) is 25.6 Å². The SMILES string of the molecule is COCCCn1cc(C)nc1NCC(C)C(C)(C)C. The van der Waals surface area contributed by atoms with E-state index in [1.165, 1.54) is 0 Å². The zero-order valence-electron chi connectivity index (χ0n) is 13.3. The summed E-state index contributed by atoms with van der Waals surface area (Å²) in [5.74, 6) is 1.57. The summed E-state index contributed by atoms with van der Waals surface area (Å²) in [6.07, 6.45) is 3.11. The van der Waals surface area contributed by atoms with Gasteiger partial charge in [-0.1, -0.05) is 27.7 Å². The normalized spacial score (nSPS) is 13.6. The van der Waals surface area contributed by atoms with E-state index in [9.17, 15) is 0 Å². The molecule has 1 aromatic heterocycles. The zero-order chi connectivity index (χ0) is 14.5. The number of hydrogen-bond donors (Lipinski definition) is 1. The van der Waals surface area contributed by atoms with Crippen molar-refractivity contribution in [3.05, 3.63) is 11.9 Å². The van der Waals surface area contributed by atoms with Crippen LogP contribution in [0.4, 0.5) is 5.95 Å². The lowest BCUT2D eigenvalue weighted by atomic mass is 9.82. The number of aryl methyl sites for hydroxylation is 2. The maximum Gasteiger partial charge on any atom is 0.203 e. The predicted octanol–water partition coefficient (Wildman–Crippen LogP) is 3.32. The van der Waals surface area contributed by atoms with Gasteiger partial charge in [-0.25, -0.2) is 4.98 Å². The average molecular weight is 267 g/mol. The molecule has 4 nitrogen and oxygen atoms in total. The smallest absolute Gasteiger partial charge is 0.203 e. The van der Waals surface area contributed by atoms with E-state index in [4.69, 9.17) is 4.74 Å². The lowest BCUT2D eigenvalue weighted by Gasteiger charge is -2.27. The van der Waals surface area contributed by atoms with Crippen LogP contribution in [0.15, 0.2) is 6.20 Å². The second-order valence-corrected chi connectivity index (χ2v) is 6.39. The van der Waals surface area contributed by atoms with Gasteiger partial charge in [0.15, 0.2) is 0 Å². The fourth-order valence-electron chi connectivity index (χ4n) is 1.79. The summed E-state index contributed by atoms with van der Waals surface area (Å²) in [6, 6.07) is 0. The van der Waals surface area contributed by atoms with Gasteiger partial charge in [-0.15, -0.1) is 0 Å². The van der Waals surface area contributed by atoms with Crippen molar-refractivity contribution in [2.45, 2.75) is 47.6 Å². The number of imidazole rings is 1. The van der Waals surface area contributed by atoms with E-state index in [2.05, 4.69) is 48.8 Å². The first-order valence-electron chi connectivity index (χ1n) is 7.11. The van der Waals surface area contributed by atoms with Gasteiger partial charge in [0, 0.05) is 33.0 Å². The number of nitrogens with zero attached hydrogens (tertiary/aromatic N) is 2. The third-order valence-corrected chi connectivity index (χ3v) is 3.69. The Balaban J connectivity index is 2.57. The van der Waals surface area contributed by atoms with Gasteiger partial charge in [0.25, 0.3) is 0 Å². The van der Waals surface area contributed by atoms with Gasteiger partial charge in [0.1, 0.15) is 0 Å². The second kappa shape index (κ2) is 6.94. The number of aromatic nitrogens is 2. The molecule has 0 spiro atoms. The molecule has 19 heavy (non-hydrogen) atoms. The number of methoxy groups -OCH3 is 1. The van der Waals surface area contributed by atoms with Crippen molar-refractivity contribution in [3.8, 4) is 0 Å². The Morgan fingerprint density at radius 2 is 2.11 bits per heavy atom. The largest absolute Gasteiger partial charge is 0.385 e. The Labute approximate surface area is 117 Å². The molecule has 1 N–H and O–H groups in total. The zero-order valence-corrected chi connectivity index (χ0v) is 13.3. The molecule has 0 aromatic carbocycles. The first kappa shape index (κ1) is 16.0. The monoisotopic (exact) mass is 267 g/mol. The minimum absolute atomic E-state index is 0.315. The molecule has 4 heteroatoms. The van der Waals surface area contributed by atoms with Crippen LogP contribution in [0, 0.1) is 18.3 Å². The minimum atomic E-state index is 0.315. The fraction of sp³-hybridized carbons (Fsp3) is 0.800. The van der Waals surface area contributed by atoms with Gasteiger partial charge >= 0.3 is 0 Å². The summed E-state index contributed by atoms with van der Waals surface area (Å²) in [6.45, 7) is 13.8. The molecule has 0 aliphatic rings. The number of anilines is 1. The molecule has 0 bridgehead atoms. The van der Waals surface area contributed by atoms with Gasteiger partial charge in [-0.05, 0) is 24.7 Å². The molecule has 0 saturated carbocycles. The first-order chi connectivity index (χ1) is 8.84. The van der Waals surface area contributed by atoms with Crippen LogP contribution >= 0.6 is 0 Å². The van der Waals surface area contributed by atoms with Gasteiger partial charge in [-0.2, -0.15) is 0 Å². The summed E-state index contributed by atoms with van der Waals surface area (Å²) < 4.78 is 7.28. The molecule has 1 unspecified atom stereocenters. The molecule has 1 rings (SSSR count). The maximum absolute atomic E-state index is 5.10. The van der Waals surface area contributed by atoms with E-state index < -0.39 is 0 Å². The van der Waals surface area contributed by atoms with E-state index in [1.807, 2.05) is 6.92 Å². The lowest BCUT2D eigenvalue weighted by molar-refractivity contribution is 0.190. The van der Waals surface area contributed by atoms with E-state index >= 15 is 0 Å². The summed E-state index contributed by atoms with van der Waals surface area (Å²) in [7, 11) is 1.74. The van der Waals surface area contributed by atoms with Gasteiger partial charge < -0.3 is 14.6 Å². The minimum Gasteiger partial charge on any atom is -0.385 e. The van der Waals surface area contributed by atoms with Crippen LogP contribution in [-0.2, 0) is 11.3 Å². The van der Waals surface area contributed by atoms with Crippen molar-refractivity contribution in [3.63, 3.8) is 0 Å². The molecule has 0 aliphatic carbocycles. The molecule has 0 radical (unpaired) electrons. The Hall–Kier alpha value is -1.03. The maximum atomic E-state index is 5.10. The Morgan fingerprint density at radius 1 is 1.42 bits per heavy atom. The fourth-order valence-corrected chi connectivity index (χ4v) is 1.79. The van der Waals surface area contributed by atoms with Crippen LogP contribution in [0.3, 0.4) is 0 Å². The van der Waals surface area contributed by atoms with E-state index in [1.54, 1.807) is 7.11 Å². The second-order valence-electron chi connectivity index (χ2n) is 6.39. The molecule has 1 aromatic rings. The molecule has 110 valence electrons. The highest BCUT2D eigenvalue weighted by molar-refractivity contribution is 5.28. The molecule has 1 heterocycles. The number of hydrogen-bond acceptors (Lipinski definition) is 3. The van der Waals surface area contributed by atoms with Gasteiger partial charge in [-0.3, -0.25) is 0 Å². The Bertz CT molecular complexity index is 379. The van der Waals surface area contributed by atoms with Crippen molar-refractivity contribution in [1.82, 2.24) is 9.55 Å². The molecular formula is C15H29N3O. The third-order valence-electron chi connectivity index (χ3n) is 3.69. The third kappa shape index (κ3) is 5.23. The highest BCUT2D eigenvalue weighted by atomic mass is 16.5. The summed E-state index contributed by atoms with van der Waals surface area (Å²) in [4.78, 5) is 4.55. The van der Waals surface area contributed by atoms with Crippen LogP contribution in [-0.4, -0.2) is 29.8 Å². The van der Waals surface area contributed by atoms with Crippen LogP contribution in [0.1, 0.15) is 39.8 Å². The lowest BCUT2D eigenvalue weighted by Crippen LogP contribution is -2.25. The van der Waals surface area contributed by atoms with Crippen molar-refractivity contribution < 1.29 is 4.74 Å². The van der Waals surface area contributed by atoms with Crippen molar-refractivity contribution in [1.29, 1.82) is 0 Å². The number of ether oxygens (including phenoxy) is 1. The quantitative estimate of drug-likeness (QED) is 0.770. The first-order valence-corrected chi connectivity index (χ1v) is 7.11. The number of nitrogens with one attached hydrogen (secondary N) is 1. The topological polar surface area (TPSA) is 39.1 Å². The average Bonchev–Trinajstić information content (AvgIpc) is 2.66. The van der Waals surface area contributed by atoms with Gasteiger partial charge in [0.2, 0.25) is 5.95 Å². The molecule has 0 saturated heterocycles. The molecule has 0 amide bonds. The Kier molecular flexibility index (Phi) is 5.85. The summed E-state index contributed by atoms with van der Waals surface area (Å²) >= 11 is 0. The standard InChI is InChI=1S/C15H29N3O/c1-12(15(3,4)5)10-16-14-17-13(2)11-18(14)8-7-9-19-6/h11-12H,7-10H2,1-6H3,(H,16,17). The van der Waals surface area contributed by atoms with Crippen LogP contribution in [0.2, 0.25) is 0 Å². The van der Waals surface area contributed by atoms with E-state index in [0.717, 1.165) is 37.8 Å².